The van der Waals surface area contributed by atoms with Crippen molar-refractivity contribution in [1.82, 2.24) is 19.8 Å². The van der Waals surface area contributed by atoms with Crippen LogP contribution in [0.4, 0.5) is 0 Å². The summed E-state index contributed by atoms with van der Waals surface area (Å²) in [6.45, 7) is 8.93. The number of H-pyrrole nitrogens is 1. The number of carbonyl (C=O) groups is 1. The average Bonchev–Trinajstić information content (AvgIpc) is 2.73. The third kappa shape index (κ3) is 4.01. The number of amides is 1. The molecule has 28 heavy (non-hydrogen) atoms. The van der Waals surface area contributed by atoms with Crippen LogP contribution in [0.15, 0.2) is 4.79 Å². The topological polar surface area (TPSA) is 78.5 Å². The first-order valence-electron chi connectivity index (χ1n) is 10.8. The minimum atomic E-state index is 0.0316. The van der Waals surface area contributed by atoms with E-state index < -0.39 is 0 Å². The number of ether oxygens (including phenoxy) is 1. The van der Waals surface area contributed by atoms with E-state index in [1.54, 1.807) is 0 Å². The summed E-state index contributed by atoms with van der Waals surface area (Å²) in [6.07, 6.45) is 4.18. The van der Waals surface area contributed by atoms with Crippen molar-refractivity contribution >= 4 is 5.91 Å². The second kappa shape index (κ2) is 8.33. The van der Waals surface area contributed by atoms with Crippen LogP contribution in [0.1, 0.15) is 62.5 Å². The first-order valence-corrected chi connectivity index (χ1v) is 10.8. The molecule has 1 aromatic rings. The van der Waals surface area contributed by atoms with Gasteiger partial charge in [0.1, 0.15) is 5.82 Å². The molecular formula is C21H32N4O3. The maximum Gasteiger partial charge on any atom is 0.254 e. The van der Waals surface area contributed by atoms with Gasteiger partial charge < -0.3 is 14.6 Å². The fourth-order valence-electron chi connectivity index (χ4n) is 4.69. The number of hydrogen-bond donors (Lipinski definition) is 1. The van der Waals surface area contributed by atoms with Gasteiger partial charge in [0.15, 0.2) is 0 Å². The van der Waals surface area contributed by atoms with Crippen molar-refractivity contribution in [2.24, 2.45) is 5.92 Å². The number of piperidine rings is 1. The van der Waals surface area contributed by atoms with Crippen LogP contribution in [-0.2, 0) is 22.5 Å². The Labute approximate surface area is 166 Å². The van der Waals surface area contributed by atoms with Crippen LogP contribution >= 0.6 is 0 Å². The molecule has 154 valence electrons. The summed E-state index contributed by atoms with van der Waals surface area (Å²) >= 11 is 0. The lowest BCUT2D eigenvalue weighted by Crippen LogP contribution is -2.43. The number of carbonyl (C=O) groups excluding carboxylic acids is 1. The van der Waals surface area contributed by atoms with Gasteiger partial charge in [-0.1, -0.05) is 0 Å². The van der Waals surface area contributed by atoms with Crippen LogP contribution in [0.3, 0.4) is 0 Å². The van der Waals surface area contributed by atoms with Crippen LogP contribution < -0.4 is 5.56 Å². The van der Waals surface area contributed by atoms with Gasteiger partial charge in [0.25, 0.3) is 5.56 Å². The molecule has 0 radical (unpaired) electrons. The molecule has 4 heterocycles. The lowest BCUT2D eigenvalue weighted by molar-refractivity contribution is -0.139. The third-order valence-corrected chi connectivity index (χ3v) is 6.62. The van der Waals surface area contributed by atoms with E-state index in [0.717, 1.165) is 75.4 Å². The highest BCUT2D eigenvalue weighted by atomic mass is 16.5. The molecule has 1 N–H and O–H groups in total. The molecule has 1 aromatic heterocycles. The Morgan fingerprint density at radius 3 is 2.54 bits per heavy atom. The molecule has 3 aliphatic rings. The maximum absolute atomic E-state index is 12.7. The molecule has 0 spiro atoms. The van der Waals surface area contributed by atoms with Crippen molar-refractivity contribution in [3.8, 4) is 0 Å². The van der Waals surface area contributed by atoms with Crippen LogP contribution in [0, 0.1) is 5.92 Å². The molecule has 0 aliphatic carbocycles. The molecule has 7 nitrogen and oxygen atoms in total. The van der Waals surface area contributed by atoms with Crippen molar-refractivity contribution in [2.45, 2.75) is 64.5 Å². The van der Waals surface area contributed by atoms with Crippen LogP contribution in [0.5, 0.6) is 0 Å². The van der Waals surface area contributed by atoms with E-state index in [9.17, 15) is 9.59 Å². The Kier molecular flexibility index (Phi) is 5.83. The second-order valence-electron chi connectivity index (χ2n) is 8.68. The van der Waals surface area contributed by atoms with Gasteiger partial charge >= 0.3 is 0 Å². The van der Waals surface area contributed by atoms with Crippen molar-refractivity contribution in [2.75, 3.05) is 32.8 Å². The molecule has 0 saturated carbocycles. The predicted octanol–water partition coefficient (Wildman–Crippen LogP) is 1.67. The highest BCUT2D eigenvalue weighted by molar-refractivity contribution is 5.79. The van der Waals surface area contributed by atoms with Crippen LogP contribution in [0.2, 0.25) is 0 Å². The quantitative estimate of drug-likeness (QED) is 0.852. The number of hydrogen-bond acceptors (Lipinski definition) is 5. The summed E-state index contributed by atoms with van der Waals surface area (Å²) in [5, 5.41) is 0. The number of rotatable bonds is 3. The smallest absolute Gasteiger partial charge is 0.254 e. The minimum absolute atomic E-state index is 0.0316. The zero-order chi connectivity index (χ0) is 19.7. The van der Waals surface area contributed by atoms with Gasteiger partial charge in [0.2, 0.25) is 5.91 Å². The van der Waals surface area contributed by atoms with E-state index in [0.29, 0.717) is 19.3 Å². The molecule has 0 unspecified atom stereocenters. The number of aromatic nitrogens is 2. The molecule has 2 fully saturated rings. The lowest BCUT2D eigenvalue weighted by Gasteiger charge is -2.35. The Hall–Kier alpha value is -1.73. The average molecular weight is 389 g/mol. The van der Waals surface area contributed by atoms with E-state index >= 15 is 0 Å². The number of aromatic amines is 1. The van der Waals surface area contributed by atoms with Gasteiger partial charge in [-0.05, 0) is 46.0 Å². The monoisotopic (exact) mass is 388 g/mol. The summed E-state index contributed by atoms with van der Waals surface area (Å²) in [7, 11) is 0. The first kappa shape index (κ1) is 19.6. The van der Waals surface area contributed by atoms with Crippen molar-refractivity contribution in [3.63, 3.8) is 0 Å². The Balaban J connectivity index is 1.42. The number of fused-ring (bicyclic) bond motifs is 1. The third-order valence-electron chi connectivity index (χ3n) is 6.62. The summed E-state index contributed by atoms with van der Waals surface area (Å²) < 4.78 is 5.37. The molecule has 2 saturated heterocycles. The molecule has 3 aliphatic heterocycles. The number of nitrogens with zero attached hydrogens (tertiary/aromatic N) is 3. The van der Waals surface area contributed by atoms with E-state index in [2.05, 4.69) is 23.7 Å². The highest BCUT2D eigenvalue weighted by Gasteiger charge is 2.31. The molecule has 4 rings (SSSR count). The van der Waals surface area contributed by atoms with Gasteiger partial charge in [-0.3, -0.25) is 14.5 Å². The highest BCUT2D eigenvalue weighted by Crippen LogP contribution is 2.28. The maximum atomic E-state index is 12.7. The Morgan fingerprint density at radius 2 is 1.86 bits per heavy atom. The van der Waals surface area contributed by atoms with Crippen molar-refractivity contribution in [3.05, 3.63) is 27.4 Å². The van der Waals surface area contributed by atoms with Gasteiger partial charge in [0, 0.05) is 62.8 Å². The van der Waals surface area contributed by atoms with Gasteiger partial charge in [-0.15, -0.1) is 0 Å². The number of likely N-dealkylation sites (tertiary alicyclic amines) is 1. The van der Waals surface area contributed by atoms with Crippen LogP contribution in [0.25, 0.3) is 0 Å². The zero-order valence-electron chi connectivity index (χ0n) is 17.1. The van der Waals surface area contributed by atoms with Crippen molar-refractivity contribution < 1.29 is 9.53 Å². The fraction of sp³-hybridized carbons (Fsp3) is 0.762. The fourth-order valence-corrected chi connectivity index (χ4v) is 4.69. The summed E-state index contributed by atoms with van der Waals surface area (Å²) in [6, 6.07) is 0.456. The molecular weight excluding hydrogens is 356 g/mol. The molecule has 1 amide bonds. The predicted molar refractivity (Wildman–Crippen MR) is 106 cm³/mol. The SMILES string of the molecule is CC(C)N1CCc2c(nc(C3CCN(C(=O)C4CCOCC4)CC3)[nH]c2=O)C1. The zero-order valence-corrected chi connectivity index (χ0v) is 17.1. The molecule has 7 heteroatoms. The standard InChI is InChI=1S/C21H32N4O3/c1-14(2)25-10-5-17-18(13-25)22-19(23-20(17)26)15-3-8-24(9-4-15)21(27)16-6-11-28-12-7-16/h14-16H,3-13H2,1-2H3,(H,22,23,26). The largest absolute Gasteiger partial charge is 0.381 e. The van der Waals surface area contributed by atoms with Gasteiger partial charge in [-0.25, -0.2) is 4.98 Å². The second-order valence-corrected chi connectivity index (χ2v) is 8.68. The van der Waals surface area contributed by atoms with E-state index in [1.165, 1.54) is 0 Å². The van der Waals surface area contributed by atoms with E-state index in [4.69, 9.17) is 9.72 Å². The van der Waals surface area contributed by atoms with E-state index in [-0.39, 0.29) is 23.3 Å². The van der Waals surface area contributed by atoms with E-state index in [1.807, 2.05) is 4.90 Å². The normalized spacial score (nSPS) is 22.5. The molecule has 0 atom stereocenters. The van der Waals surface area contributed by atoms with Crippen molar-refractivity contribution in [1.29, 1.82) is 0 Å². The summed E-state index contributed by atoms with van der Waals surface area (Å²) in [5.41, 5.74) is 1.83. The molecule has 0 aromatic carbocycles. The lowest BCUT2D eigenvalue weighted by atomic mass is 9.92. The summed E-state index contributed by atoms with van der Waals surface area (Å²) in [5.74, 6) is 1.44. The van der Waals surface area contributed by atoms with Gasteiger partial charge in [0.05, 0.1) is 5.69 Å². The first-order chi connectivity index (χ1) is 13.5. The van der Waals surface area contributed by atoms with Gasteiger partial charge in [-0.2, -0.15) is 0 Å². The molecule has 0 bridgehead atoms. The Morgan fingerprint density at radius 1 is 1.14 bits per heavy atom. The Bertz CT molecular complexity index is 761. The van der Waals surface area contributed by atoms with Crippen LogP contribution in [-0.4, -0.2) is 64.6 Å². The minimum Gasteiger partial charge on any atom is -0.381 e. The number of nitrogens with one attached hydrogen (secondary N) is 1. The summed E-state index contributed by atoms with van der Waals surface area (Å²) in [4.78, 5) is 37.6.